The first-order chi connectivity index (χ1) is 13.5. The zero-order valence-corrected chi connectivity index (χ0v) is 17.7. The number of rotatable bonds is 7. The second-order valence-corrected chi connectivity index (χ2v) is 7.46. The third-order valence-corrected chi connectivity index (χ3v) is 5.07. The fourth-order valence-corrected chi connectivity index (χ4v) is 3.15. The Morgan fingerprint density at radius 3 is 2.32 bits per heavy atom. The van der Waals surface area contributed by atoms with Crippen molar-refractivity contribution in [1.29, 1.82) is 0 Å². The summed E-state index contributed by atoms with van der Waals surface area (Å²) in [5.74, 6) is 0.968. The van der Waals surface area contributed by atoms with Gasteiger partial charge in [0.25, 0.3) is 0 Å². The summed E-state index contributed by atoms with van der Waals surface area (Å²) in [4.78, 5) is 36.7. The Kier molecular flexibility index (Phi) is 9.49. The maximum absolute atomic E-state index is 12.4. The van der Waals surface area contributed by atoms with Crippen molar-refractivity contribution in [2.45, 2.75) is 19.8 Å². The summed E-state index contributed by atoms with van der Waals surface area (Å²) < 4.78 is 5.31. The molecule has 0 aromatic heterocycles. The second kappa shape index (κ2) is 11.9. The lowest BCUT2D eigenvalue weighted by Gasteiger charge is -2.37. The van der Waals surface area contributed by atoms with Crippen LogP contribution in [0.1, 0.15) is 19.8 Å². The van der Waals surface area contributed by atoms with E-state index in [1.165, 1.54) is 0 Å². The van der Waals surface area contributed by atoms with Crippen LogP contribution in [0.5, 0.6) is 0 Å². The predicted octanol–water partition coefficient (Wildman–Crippen LogP) is -0.703. The van der Waals surface area contributed by atoms with Crippen LogP contribution >= 0.6 is 0 Å². The first-order valence-electron chi connectivity index (χ1n) is 10.3. The molecule has 2 fully saturated rings. The highest BCUT2D eigenvalue weighted by molar-refractivity contribution is 5.85. The maximum atomic E-state index is 12.4. The van der Waals surface area contributed by atoms with E-state index in [0.717, 1.165) is 51.5 Å². The monoisotopic (exact) mass is 396 g/mol. The molecule has 0 aromatic rings. The number of likely N-dealkylation sites (N-methyl/N-ethyl adjacent to an activating group) is 1. The molecule has 160 valence electrons. The van der Waals surface area contributed by atoms with Crippen molar-refractivity contribution in [2.24, 2.45) is 4.99 Å². The number of amides is 2. The molecule has 0 aliphatic carbocycles. The largest absolute Gasteiger partial charge is 0.378 e. The minimum absolute atomic E-state index is 0.00969. The topological polar surface area (TPSA) is 80.7 Å². The number of carbonyl (C=O) groups excluding carboxylic acids is 2. The van der Waals surface area contributed by atoms with Gasteiger partial charge in [-0.25, -0.2) is 4.99 Å². The van der Waals surface area contributed by atoms with Gasteiger partial charge in [0, 0.05) is 59.9 Å². The molecular formula is C19H36N6O3. The fourth-order valence-electron chi connectivity index (χ4n) is 3.15. The van der Waals surface area contributed by atoms with Crippen LogP contribution in [-0.2, 0) is 14.3 Å². The van der Waals surface area contributed by atoms with Gasteiger partial charge in [0.2, 0.25) is 11.8 Å². The Morgan fingerprint density at radius 1 is 1.04 bits per heavy atom. The zero-order chi connectivity index (χ0) is 20.4. The van der Waals surface area contributed by atoms with Gasteiger partial charge in [0.05, 0.1) is 19.8 Å². The van der Waals surface area contributed by atoms with Crippen molar-refractivity contribution >= 4 is 17.8 Å². The minimum Gasteiger partial charge on any atom is -0.378 e. The lowest BCUT2D eigenvalue weighted by molar-refractivity contribution is -0.136. The van der Waals surface area contributed by atoms with E-state index in [0.29, 0.717) is 32.8 Å². The predicted molar refractivity (Wildman–Crippen MR) is 109 cm³/mol. The Labute approximate surface area is 168 Å². The van der Waals surface area contributed by atoms with Gasteiger partial charge in [0.1, 0.15) is 6.54 Å². The van der Waals surface area contributed by atoms with E-state index in [2.05, 4.69) is 27.0 Å². The summed E-state index contributed by atoms with van der Waals surface area (Å²) >= 11 is 0. The van der Waals surface area contributed by atoms with Gasteiger partial charge in [-0.05, 0) is 6.42 Å². The zero-order valence-electron chi connectivity index (χ0n) is 17.7. The standard InChI is InChI=1S/C19H36N6O3/c1-4-5-6-20-19(21-15-17(26)22(2)3)25-9-7-23(8-10-25)16-18(27)24-11-13-28-14-12-24/h4-16H2,1-3H3,(H,20,21). The summed E-state index contributed by atoms with van der Waals surface area (Å²) in [6, 6.07) is 0. The molecule has 28 heavy (non-hydrogen) atoms. The van der Waals surface area contributed by atoms with Crippen LogP contribution < -0.4 is 5.32 Å². The summed E-state index contributed by atoms with van der Waals surface area (Å²) in [6.45, 7) is 9.48. The molecule has 2 rings (SSSR count). The van der Waals surface area contributed by atoms with Gasteiger partial charge in [-0.2, -0.15) is 0 Å². The summed E-state index contributed by atoms with van der Waals surface area (Å²) in [5.41, 5.74) is 0. The van der Waals surface area contributed by atoms with Crippen molar-refractivity contribution in [1.82, 2.24) is 24.9 Å². The third kappa shape index (κ3) is 7.27. The van der Waals surface area contributed by atoms with Gasteiger partial charge in [-0.1, -0.05) is 13.3 Å². The number of piperazine rings is 1. The van der Waals surface area contributed by atoms with Crippen LogP contribution in [0.4, 0.5) is 0 Å². The van der Waals surface area contributed by atoms with E-state index in [9.17, 15) is 9.59 Å². The molecular weight excluding hydrogens is 360 g/mol. The average molecular weight is 397 g/mol. The molecule has 0 bridgehead atoms. The Bertz CT molecular complexity index is 526. The van der Waals surface area contributed by atoms with Crippen LogP contribution in [0.15, 0.2) is 4.99 Å². The van der Waals surface area contributed by atoms with E-state index >= 15 is 0 Å². The van der Waals surface area contributed by atoms with Gasteiger partial charge in [0.15, 0.2) is 5.96 Å². The first kappa shape index (κ1) is 22.4. The van der Waals surface area contributed by atoms with Crippen molar-refractivity contribution in [3.8, 4) is 0 Å². The molecule has 0 atom stereocenters. The molecule has 0 saturated carbocycles. The number of guanidine groups is 1. The number of hydrogen-bond donors (Lipinski definition) is 1. The molecule has 2 amide bonds. The SMILES string of the molecule is CCCCNC(=NCC(=O)N(C)C)N1CCN(CC(=O)N2CCOCC2)CC1. The highest BCUT2D eigenvalue weighted by Gasteiger charge is 2.24. The highest BCUT2D eigenvalue weighted by Crippen LogP contribution is 2.05. The van der Waals surface area contributed by atoms with E-state index in [4.69, 9.17) is 4.74 Å². The van der Waals surface area contributed by atoms with Crippen LogP contribution in [-0.4, -0.2) is 124 Å². The number of nitrogens with zero attached hydrogens (tertiary/aromatic N) is 5. The molecule has 2 aliphatic heterocycles. The summed E-state index contributed by atoms with van der Waals surface area (Å²) in [5, 5.41) is 3.39. The summed E-state index contributed by atoms with van der Waals surface area (Å²) in [7, 11) is 3.48. The number of carbonyl (C=O) groups is 2. The Balaban J connectivity index is 1.84. The van der Waals surface area contributed by atoms with Crippen molar-refractivity contribution in [3.63, 3.8) is 0 Å². The van der Waals surface area contributed by atoms with E-state index in [-0.39, 0.29) is 18.4 Å². The maximum Gasteiger partial charge on any atom is 0.243 e. The van der Waals surface area contributed by atoms with Gasteiger partial charge < -0.3 is 24.8 Å². The minimum atomic E-state index is -0.00969. The molecule has 0 aromatic carbocycles. The molecule has 1 N–H and O–H groups in total. The quantitative estimate of drug-likeness (QED) is 0.348. The molecule has 9 nitrogen and oxygen atoms in total. The van der Waals surface area contributed by atoms with Crippen molar-refractivity contribution in [2.75, 3.05) is 86.2 Å². The first-order valence-corrected chi connectivity index (χ1v) is 10.3. The number of unbranched alkanes of at least 4 members (excludes halogenated alkanes) is 1. The second-order valence-electron chi connectivity index (χ2n) is 7.46. The van der Waals surface area contributed by atoms with Crippen LogP contribution in [0.3, 0.4) is 0 Å². The number of aliphatic imine (C=N–C) groups is 1. The number of morpholine rings is 1. The van der Waals surface area contributed by atoms with E-state index in [1.54, 1.807) is 19.0 Å². The number of nitrogens with one attached hydrogen (secondary N) is 1. The molecule has 2 saturated heterocycles. The number of ether oxygens (including phenoxy) is 1. The van der Waals surface area contributed by atoms with Crippen LogP contribution in [0.25, 0.3) is 0 Å². The Morgan fingerprint density at radius 2 is 1.71 bits per heavy atom. The van der Waals surface area contributed by atoms with Crippen LogP contribution in [0.2, 0.25) is 0 Å². The highest BCUT2D eigenvalue weighted by atomic mass is 16.5. The van der Waals surface area contributed by atoms with Crippen molar-refractivity contribution < 1.29 is 14.3 Å². The van der Waals surface area contributed by atoms with Gasteiger partial charge in [-0.3, -0.25) is 14.5 Å². The molecule has 0 spiro atoms. The molecule has 2 heterocycles. The molecule has 2 aliphatic rings. The lowest BCUT2D eigenvalue weighted by atomic mass is 10.3. The average Bonchev–Trinajstić information content (AvgIpc) is 2.71. The van der Waals surface area contributed by atoms with Crippen molar-refractivity contribution in [3.05, 3.63) is 0 Å². The smallest absolute Gasteiger partial charge is 0.243 e. The van der Waals surface area contributed by atoms with Crippen LogP contribution in [0, 0.1) is 0 Å². The fraction of sp³-hybridized carbons (Fsp3) is 0.842. The van der Waals surface area contributed by atoms with Gasteiger partial charge in [-0.15, -0.1) is 0 Å². The normalized spacial score (nSPS) is 18.9. The Hall–Kier alpha value is -1.87. The van der Waals surface area contributed by atoms with E-state index in [1.807, 2.05) is 4.90 Å². The summed E-state index contributed by atoms with van der Waals surface area (Å²) in [6.07, 6.45) is 2.17. The molecule has 0 unspecified atom stereocenters. The van der Waals surface area contributed by atoms with E-state index < -0.39 is 0 Å². The lowest BCUT2D eigenvalue weighted by Crippen LogP contribution is -2.55. The number of hydrogen-bond acceptors (Lipinski definition) is 5. The molecule has 0 radical (unpaired) electrons. The molecule has 9 heteroatoms. The third-order valence-electron chi connectivity index (χ3n) is 5.07. The van der Waals surface area contributed by atoms with Gasteiger partial charge >= 0.3 is 0 Å².